The van der Waals surface area contributed by atoms with Crippen molar-refractivity contribution in [3.63, 3.8) is 0 Å². The SMILES string of the molecule is Cc1cccc(O[C@H](C)C(=O)OCC(=O)NC2(C#N)CCCC2)c1. The maximum absolute atomic E-state index is 11.9. The van der Waals surface area contributed by atoms with E-state index in [4.69, 9.17) is 9.47 Å². The van der Waals surface area contributed by atoms with Crippen LogP contribution in [0.1, 0.15) is 38.2 Å². The van der Waals surface area contributed by atoms with Crippen LogP contribution >= 0.6 is 0 Å². The lowest BCUT2D eigenvalue weighted by atomic mass is 10.00. The molecule has 1 aliphatic rings. The van der Waals surface area contributed by atoms with Crippen LogP contribution in [0.4, 0.5) is 0 Å². The van der Waals surface area contributed by atoms with Gasteiger partial charge in [-0.15, -0.1) is 0 Å². The van der Waals surface area contributed by atoms with Crippen molar-refractivity contribution in [2.45, 2.75) is 51.2 Å². The number of ether oxygens (including phenoxy) is 2. The minimum Gasteiger partial charge on any atom is -0.479 e. The summed E-state index contributed by atoms with van der Waals surface area (Å²) >= 11 is 0. The summed E-state index contributed by atoms with van der Waals surface area (Å²) in [5.41, 5.74) is 0.207. The van der Waals surface area contributed by atoms with Crippen LogP contribution in [0.3, 0.4) is 0 Å². The molecule has 1 atom stereocenters. The van der Waals surface area contributed by atoms with E-state index in [0.29, 0.717) is 18.6 Å². The van der Waals surface area contributed by atoms with Gasteiger partial charge in [0.25, 0.3) is 5.91 Å². The molecule has 6 heteroatoms. The van der Waals surface area contributed by atoms with E-state index in [2.05, 4.69) is 11.4 Å². The van der Waals surface area contributed by atoms with Crippen LogP contribution < -0.4 is 10.1 Å². The predicted molar refractivity (Wildman–Crippen MR) is 87.2 cm³/mol. The topological polar surface area (TPSA) is 88.4 Å². The van der Waals surface area contributed by atoms with Gasteiger partial charge in [0.05, 0.1) is 6.07 Å². The minimum atomic E-state index is -0.823. The van der Waals surface area contributed by atoms with E-state index in [1.807, 2.05) is 25.1 Å². The summed E-state index contributed by atoms with van der Waals surface area (Å²) in [4.78, 5) is 23.8. The lowest BCUT2D eigenvalue weighted by Gasteiger charge is -2.22. The summed E-state index contributed by atoms with van der Waals surface area (Å²) in [6.07, 6.45) is 2.27. The Hall–Kier alpha value is -2.55. The highest BCUT2D eigenvalue weighted by atomic mass is 16.6. The molecule has 0 spiro atoms. The number of esters is 1. The van der Waals surface area contributed by atoms with Crippen molar-refractivity contribution in [1.29, 1.82) is 5.26 Å². The summed E-state index contributed by atoms with van der Waals surface area (Å²) in [5.74, 6) is -0.517. The molecule has 128 valence electrons. The summed E-state index contributed by atoms with van der Waals surface area (Å²) in [5, 5.41) is 11.9. The van der Waals surface area contributed by atoms with Gasteiger partial charge in [0.15, 0.2) is 12.7 Å². The monoisotopic (exact) mass is 330 g/mol. The normalized spacial score (nSPS) is 16.7. The molecule has 0 unspecified atom stereocenters. The number of carbonyl (C=O) groups is 2. The van der Waals surface area contributed by atoms with Crippen molar-refractivity contribution < 1.29 is 19.1 Å². The number of amides is 1. The number of nitriles is 1. The van der Waals surface area contributed by atoms with Gasteiger partial charge in [0.2, 0.25) is 0 Å². The van der Waals surface area contributed by atoms with Crippen molar-refractivity contribution in [2.75, 3.05) is 6.61 Å². The molecule has 1 saturated carbocycles. The van der Waals surface area contributed by atoms with Crippen molar-refractivity contribution >= 4 is 11.9 Å². The molecule has 1 N–H and O–H groups in total. The number of nitrogens with zero attached hydrogens (tertiary/aromatic N) is 1. The maximum atomic E-state index is 11.9. The molecule has 0 aliphatic heterocycles. The van der Waals surface area contributed by atoms with E-state index in [1.165, 1.54) is 0 Å². The highest BCUT2D eigenvalue weighted by Gasteiger charge is 2.35. The predicted octanol–water partition coefficient (Wildman–Crippen LogP) is 2.26. The molecule has 6 nitrogen and oxygen atoms in total. The Bertz CT molecular complexity index is 645. The fraction of sp³-hybridized carbons (Fsp3) is 0.500. The van der Waals surface area contributed by atoms with Gasteiger partial charge >= 0.3 is 5.97 Å². The molecule has 0 heterocycles. The number of rotatable bonds is 6. The average molecular weight is 330 g/mol. The molecular formula is C18H22N2O4. The van der Waals surface area contributed by atoms with Crippen LogP contribution in [0.2, 0.25) is 0 Å². The first kappa shape index (κ1) is 17.8. The van der Waals surface area contributed by atoms with Crippen molar-refractivity contribution in [1.82, 2.24) is 5.32 Å². The Morgan fingerprint density at radius 1 is 1.38 bits per heavy atom. The first-order valence-corrected chi connectivity index (χ1v) is 8.06. The Morgan fingerprint density at radius 2 is 2.08 bits per heavy atom. The second-order valence-corrected chi connectivity index (χ2v) is 6.13. The number of benzene rings is 1. The van der Waals surface area contributed by atoms with Crippen molar-refractivity contribution in [3.8, 4) is 11.8 Å². The molecule has 1 aromatic carbocycles. The van der Waals surface area contributed by atoms with Crippen LogP contribution in [0, 0.1) is 18.3 Å². The van der Waals surface area contributed by atoms with E-state index >= 15 is 0 Å². The van der Waals surface area contributed by atoms with Gasteiger partial charge < -0.3 is 14.8 Å². The molecule has 0 aromatic heterocycles. The molecule has 2 rings (SSSR count). The fourth-order valence-electron chi connectivity index (χ4n) is 2.74. The van der Waals surface area contributed by atoms with E-state index in [9.17, 15) is 14.9 Å². The summed E-state index contributed by atoms with van der Waals surface area (Å²) in [6, 6.07) is 9.48. The van der Waals surface area contributed by atoms with Crippen LogP contribution in [-0.2, 0) is 14.3 Å². The fourth-order valence-corrected chi connectivity index (χ4v) is 2.74. The highest BCUT2D eigenvalue weighted by Crippen LogP contribution is 2.28. The number of hydrogen-bond acceptors (Lipinski definition) is 5. The standard InChI is InChI=1S/C18H22N2O4/c1-13-6-5-7-15(10-13)24-14(2)17(22)23-11-16(21)20-18(12-19)8-3-4-9-18/h5-7,10,14H,3-4,8-9,11H2,1-2H3,(H,20,21)/t14-/m1/s1. The number of aryl methyl sites for hydroxylation is 1. The van der Waals surface area contributed by atoms with Gasteiger partial charge in [0.1, 0.15) is 11.3 Å². The second-order valence-electron chi connectivity index (χ2n) is 6.13. The first-order valence-electron chi connectivity index (χ1n) is 8.06. The number of nitrogens with one attached hydrogen (secondary N) is 1. The Kier molecular flexibility index (Phi) is 5.80. The van der Waals surface area contributed by atoms with Gasteiger partial charge in [-0.2, -0.15) is 5.26 Å². The van der Waals surface area contributed by atoms with E-state index in [0.717, 1.165) is 18.4 Å². The van der Waals surface area contributed by atoms with E-state index < -0.39 is 30.1 Å². The Labute approximate surface area is 141 Å². The van der Waals surface area contributed by atoms with Gasteiger partial charge in [-0.1, -0.05) is 12.1 Å². The zero-order valence-electron chi connectivity index (χ0n) is 14.0. The zero-order valence-corrected chi connectivity index (χ0v) is 14.0. The molecule has 1 aromatic rings. The van der Waals surface area contributed by atoms with Gasteiger partial charge in [-0.3, -0.25) is 4.79 Å². The third-order valence-electron chi connectivity index (χ3n) is 4.03. The molecule has 1 aliphatic carbocycles. The van der Waals surface area contributed by atoms with Gasteiger partial charge in [0, 0.05) is 0 Å². The van der Waals surface area contributed by atoms with Crippen LogP contribution in [0.15, 0.2) is 24.3 Å². The summed E-state index contributed by atoms with van der Waals surface area (Å²) in [6.45, 7) is 3.08. The Morgan fingerprint density at radius 3 is 2.71 bits per heavy atom. The lowest BCUT2D eigenvalue weighted by molar-refractivity contribution is -0.155. The largest absolute Gasteiger partial charge is 0.479 e. The smallest absolute Gasteiger partial charge is 0.347 e. The van der Waals surface area contributed by atoms with E-state index in [-0.39, 0.29) is 0 Å². The molecular weight excluding hydrogens is 308 g/mol. The lowest BCUT2D eigenvalue weighted by Crippen LogP contribution is -2.47. The highest BCUT2D eigenvalue weighted by molar-refractivity contribution is 5.82. The zero-order chi connectivity index (χ0) is 17.6. The third-order valence-corrected chi connectivity index (χ3v) is 4.03. The van der Waals surface area contributed by atoms with Crippen molar-refractivity contribution in [3.05, 3.63) is 29.8 Å². The van der Waals surface area contributed by atoms with Crippen LogP contribution in [0.25, 0.3) is 0 Å². The quantitative estimate of drug-likeness (QED) is 0.808. The minimum absolute atomic E-state index is 0.413. The number of carbonyl (C=O) groups excluding carboxylic acids is 2. The third kappa shape index (κ3) is 4.72. The summed E-state index contributed by atoms with van der Waals surface area (Å²) < 4.78 is 10.5. The summed E-state index contributed by atoms with van der Waals surface area (Å²) in [7, 11) is 0. The van der Waals surface area contributed by atoms with E-state index in [1.54, 1.807) is 13.0 Å². The second kappa shape index (κ2) is 7.82. The number of hydrogen-bond donors (Lipinski definition) is 1. The molecule has 1 fully saturated rings. The Balaban J connectivity index is 1.79. The molecule has 0 bridgehead atoms. The maximum Gasteiger partial charge on any atom is 0.347 e. The van der Waals surface area contributed by atoms with Crippen LogP contribution in [0.5, 0.6) is 5.75 Å². The molecule has 0 radical (unpaired) electrons. The average Bonchev–Trinajstić information content (AvgIpc) is 3.01. The molecule has 1 amide bonds. The van der Waals surface area contributed by atoms with Crippen molar-refractivity contribution in [2.24, 2.45) is 0 Å². The van der Waals surface area contributed by atoms with Gasteiger partial charge in [-0.05, 0) is 57.2 Å². The van der Waals surface area contributed by atoms with Crippen LogP contribution in [-0.4, -0.2) is 30.1 Å². The molecule has 24 heavy (non-hydrogen) atoms. The van der Waals surface area contributed by atoms with Gasteiger partial charge in [-0.25, -0.2) is 4.79 Å². The first-order chi connectivity index (χ1) is 11.4. The molecule has 0 saturated heterocycles.